The summed E-state index contributed by atoms with van der Waals surface area (Å²) in [4.78, 5) is 2.61. The lowest BCUT2D eigenvalue weighted by Gasteiger charge is -2.31. The summed E-state index contributed by atoms with van der Waals surface area (Å²) in [5.41, 5.74) is 0. The van der Waals surface area contributed by atoms with Crippen molar-refractivity contribution in [3.8, 4) is 0 Å². The summed E-state index contributed by atoms with van der Waals surface area (Å²) < 4.78 is 12.3. The third-order valence-corrected chi connectivity index (χ3v) is 7.00. The minimum atomic E-state index is 0.242. The Morgan fingerprint density at radius 2 is 1.96 bits per heavy atom. The fourth-order valence-corrected chi connectivity index (χ4v) is 5.29. The minimum Gasteiger partial charge on any atom is -0.375 e. The average molecular weight is 387 g/mol. The van der Waals surface area contributed by atoms with Crippen LogP contribution in [0.4, 0.5) is 0 Å². The van der Waals surface area contributed by atoms with E-state index in [1.807, 2.05) is 0 Å². The lowest BCUT2D eigenvalue weighted by atomic mass is 9.86. The number of rotatable bonds is 7. The third kappa shape index (κ3) is 6.94. The summed E-state index contributed by atoms with van der Waals surface area (Å²) in [6.45, 7) is 5.04. The van der Waals surface area contributed by atoms with Crippen molar-refractivity contribution in [3.05, 3.63) is 0 Å². The Labute approximate surface area is 165 Å². The summed E-state index contributed by atoms with van der Waals surface area (Å²) in [6, 6.07) is 0.687. The van der Waals surface area contributed by atoms with Crippen LogP contribution in [-0.4, -0.2) is 68.4 Å². The molecule has 3 unspecified atom stereocenters. The lowest BCUT2D eigenvalue weighted by molar-refractivity contribution is -0.0552. The first-order valence-electron chi connectivity index (χ1n) is 11.0. The van der Waals surface area contributed by atoms with Gasteiger partial charge in [-0.05, 0) is 70.9 Å². The minimum absolute atomic E-state index is 0.242. The number of nitrogens with one attached hydrogen (secondary N) is 1. The number of hydrogen-bond acceptors (Lipinski definition) is 4. The van der Waals surface area contributed by atoms with Crippen molar-refractivity contribution in [2.75, 3.05) is 39.9 Å². The second-order valence-corrected chi connectivity index (χ2v) is 9.28. The molecule has 1 aliphatic heterocycles. The molecule has 2 aliphatic carbocycles. The maximum absolute atomic E-state index is 6.36. The van der Waals surface area contributed by atoms with Crippen molar-refractivity contribution in [1.82, 2.24) is 10.2 Å². The van der Waals surface area contributed by atoms with Crippen molar-refractivity contribution in [3.63, 3.8) is 0 Å². The summed E-state index contributed by atoms with van der Waals surface area (Å²) in [5, 5.41) is 3.81. The molecule has 3 rings (SSSR count). The quantitative estimate of drug-likeness (QED) is 0.674. The van der Waals surface area contributed by atoms with E-state index in [1.165, 1.54) is 70.9 Å². The van der Waals surface area contributed by atoms with Gasteiger partial charge in [0.1, 0.15) is 0 Å². The van der Waals surface area contributed by atoms with E-state index >= 15 is 0 Å². The molecule has 1 saturated heterocycles. The largest absolute Gasteiger partial charge is 0.375 e. The van der Waals surface area contributed by atoms with Gasteiger partial charge in [0, 0.05) is 31.1 Å². The molecule has 4 nitrogen and oxygen atoms in total. The van der Waals surface area contributed by atoms with Gasteiger partial charge in [0.15, 0.2) is 0 Å². The fourth-order valence-electron chi connectivity index (χ4n) is 4.89. The zero-order valence-electron chi connectivity index (χ0n) is 16.6. The van der Waals surface area contributed by atoms with Gasteiger partial charge in [-0.3, -0.25) is 0 Å². The topological polar surface area (TPSA) is 33.7 Å². The molecule has 2 saturated carbocycles. The predicted octanol–water partition coefficient (Wildman–Crippen LogP) is 3.81. The Balaban J connectivity index is 1.35. The first-order chi connectivity index (χ1) is 12.7. The van der Waals surface area contributed by atoms with Crippen LogP contribution in [-0.2, 0) is 9.47 Å². The van der Waals surface area contributed by atoms with Crippen molar-refractivity contribution in [1.29, 1.82) is 0 Å². The normalized spacial score (nSPS) is 37.4. The van der Waals surface area contributed by atoms with Crippen LogP contribution in [0, 0.1) is 5.92 Å². The van der Waals surface area contributed by atoms with E-state index < -0.39 is 0 Å². The zero-order valence-corrected chi connectivity index (χ0v) is 17.4. The summed E-state index contributed by atoms with van der Waals surface area (Å²) in [6.07, 6.45) is 13.1. The van der Waals surface area contributed by atoms with Gasteiger partial charge in [0.2, 0.25) is 0 Å². The van der Waals surface area contributed by atoms with Crippen LogP contribution >= 0.6 is 11.6 Å². The Bertz CT molecular complexity index is 390. The van der Waals surface area contributed by atoms with Crippen molar-refractivity contribution in [2.45, 2.75) is 87.8 Å². The molecule has 5 heteroatoms. The third-order valence-electron chi connectivity index (χ3n) is 6.61. The highest BCUT2D eigenvalue weighted by Gasteiger charge is 2.25. The highest BCUT2D eigenvalue weighted by molar-refractivity contribution is 6.20. The van der Waals surface area contributed by atoms with Crippen LogP contribution in [0.5, 0.6) is 0 Å². The maximum atomic E-state index is 6.36. The molecule has 0 bridgehead atoms. The number of nitrogens with zero attached hydrogens (tertiary/aromatic N) is 1. The van der Waals surface area contributed by atoms with Crippen LogP contribution in [0.3, 0.4) is 0 Å². The molecule has 0 aromatic carbocycles. The van der Waals surface area contributed by atoms with Crippen molar-refractivity contribution >= 4 is 11.6 Å². The molecule has 0 aromatic rings. The molecule has 3 fully saturated rings. The van der Waals surface area contributed by atoms with Gasteiger partial charge in [-0.15, -0.1) is 11.6 Å². The van der Waals surface area contributed by atoms with Crippen LogP contribution in [0.25, 0.3) is 0 Å². The van der Waals surface area contributed by atoms with Gasteiger partial charge in [-0.1, -0.05) is 12.8 Å². The average Bonchev–Trinajstić information content (AvgIpc) is 2.90. The second-order valence-electron chi connectivity index (χ2n) is 8.66. The predicted molar refractivity (Wildman–Crippen MR) is 108 cm³/mol. The molecule has 1 heterocycles. The van der Waals surface area contributed by atoms with Crippen LogP contribution < -0.4 is 5.32 Å². The summed E-state index contributed by atoms with van der Waals surface area (Å²) in [5.74, 6) is 0.826. The molecule has 0 amide bonds. The summed E-state index contributed by atoms with van der Waals surface area (Å²) in [7, 11) is 2.07. The fraction of sp³-hybridized carbons (Fsp3) is 1.00. The van der Waals surface area contributed by atoms with E-state index in [4.69, 9.17) is 21.1 Å². The van der Waals surface area contributed by atoms with Crippen molar-refractivity contribution < 1.29 is 9.47 Å². The Hall–Kier alpha value is 0.130. The first kappa shape index (κ1) is 20.9. The summed E-state index contributed by atoms with van der Waals surface area (Å²) >= 11 is 6.36. The standard InChI is InChI=1S/C21H39ClN2O2/c1-23-19-6-8-20(9-7-19)26-16-21-15-24(11-3-13-25-21)12-10-17-4-2-5-18(22)14-17/h17-21,23H,2-16H2,1H3. The van der Waals surface area contributed by atoms with E-state index in [9.17, 15) is 0 Å². The molecule has 0 radical (unpaired) electrons. The lowest BCUT2D eigenvalue weighted by Crippen LogP contribution is -2.38. The molecule has 0 spiro atoms. The Morgan fingerprint density at radius 3 is 2.73 bits per heavy atom. The van der Waals surface area contributed by atoms with Gasteiger partial charge in [-0.2, -0.15) is 0 Å². The molecule has 3 aliphatic rings. The number of halogens is 1. The van der Waals surface area contributed by atoms with Gasteiger partial charge in [0.25, 0.3) is 0 Å². The van der Waals surface area contributed by atoms with Crippen molar-refractivity contribution in [2.24, 2.45) is 5.92 Å². The highest BCUT2D eigenvalue weighted by Crippen LogP contribution is 2.30. The molecule has 0 aromatic heterocycles. The van der Waals surface area contributed by atoms with E-state index in [0.717, 1.165) is 32.1 Å². The van der Waals surface area contributed by atoms with Gasteiger partial charge >= 0.3 is 0 Å². The Kier molecular flexibility index (Phi) is 8.99. The number of ether oxygens (including phenoxy) is 2. The van der Waals surface area contributed by atoms with E-state index in [1.54, 1.807) is 0 Å². The SMILES string of the molecule is CNC1CCC(OCC2CN(CCC3CCCC(Cl)C3)CCCO2)CC1. The monoisotopic (exact) mass is 386 g/mol. The molecular weight excluding hydrogens is 348 g/mol. The highest BCUT2D eigenvalue weighted by atomic mass is 35.5. The molecule has 26 heavy (non-hydrogen) atoms. The van der Waals surface area contributed by atoms with Crippen LogP contribution in [0.2, 0.25) is 0 Å². The van der Waals surface area contributed by atoms with E-state index in [2.05, 4.69) is 17.3 Å². The molecular formula is C21H39ClN2O2. The van der Waals surface area contributed by atoms with Crippen LogP contribution in [0.15, 0.2) is 0 Å². The Morgan fingerprint density at radius 1 is 1.12 bits per heavy atom. The molecule has 152 valence electrons. The number of alkyl halides is 1. The zero-order chi connectivity index (χ0) is 18.2. The maximum Gasteiger partial charge on any atom is 0.0935 e. The second kappa shape index (κ2) is 11.2. The smallest absolute Gasteiger partial charge is 0.0935 e. The van der Waals surface area contributed by atoms with Gasteiger partial charge in [-0.25, -0.2) is 0 Å². The van der Waals surface area contributed by atoms with E-state index in [-0.39, 0.29) is 6.10 Å². The van der Waals surface area contributed by atoms with Gasteiger partial charge < -0.3 is 19.7 Å². The first-order valence-corrected chi connectivity index (χ1v) is 11.4. The number of hydrogen-bond donors (Lipinski definition) is 1. The van der Waals surface area contributed by atoms with E-state index in [0.29, 0.717) is 17.5 Å². The molecule has 3 atom stereocenters. The van der Waals surface area contributed by atoms with Gasteiger partial charge in [0.05, 0.1) is 18.8 Å². The van der Waals surface area contributed by atoms with Crippen LogP contribution in [0.1, 0.15) is 64.2 Å². The molecule has 1 N–H and O–H groups in total.